The van der Waals surface area contributed by atoms with Gasteiger partial charge in [0.2, 0.25) is 5.91 Å². The molecule has 0 aliphatic carbocycles. The minimum Gasteiger partial charge on any atom is -0.347 e. The summed E-state index contributed by atoms with van der Waals surface area (Å²) < 4.78 is 11.2. The van der Waals surface area contributed by atoms with E-state index in [1.165, 1.54) is 0 Å². The molecule has 0 aromatic rings. The lowest BCUT2D eigenvalue weighted by Gasteiger charge is -2.37. The molecule has 0 aromatic carbocycles. The van der Waals surface area contributed by atoms with Crippen molar-refractivity contribution < 1.29 is 23.9 Å². The van der Waals surface area contributed by atoms with E-state index in [1.54, 1.807) is 4.90 Å². The summed E-state index contributed by atoms with van der Waals surface area (Å²) >= 11 is 0. The van der Waals surface area contributed by atoms with Gasteiger partial charge in [0.05, 0.1) is 19.8 Å². The van der Waals surface area contributed by atoms with Crippen LogP contribution in [0.4, 0.5) is 4.79 Å². The fourth-order valence-corrected chi connectivity index (χ4v) is 2.73. The summed E-state index contributed by atoms with van der Waals surface area (Å²) in [4.78, 5) is 37.5. The first-order valence-electron chi connectivity index (χ1n) is 6.74. The topological polar surface area (TPSA) is 88.2 Å². The molecular formula is C12H17N3O5. The van der Waals surface area contributed by atoms with E-state index in [0.29, 0.717) is 39.1 Å². The Balaban J connectivity index is 1.54. The van der Waals surface area contributed by atoms with Crippen LogP contribution in [-0.4, -0.2) is 72.8 Å². The van der Waals surface area contributed by atoms with Gasteiger partial charge in [0.25, 0.3) is 5.91 Å². The van der Waals surface area contributed by atoms with Crippen LogP contribution in [0.1, 0.15) is 12.8 Å². The summed E-state index contributed by atoms with van der Waals surface area (Å²) in [5, 5.41) is 2.39. The van der Waals surface area contributed by atoms with Crippen molar-refractivity contribution in [1.29, 1.82) is 0 Å². The van der Waals surface area contributed by atoms with E-state index in [-0.39, 0.29) is 24.9 Å². The van der Waals surface area contributed by atoms with E-state index < -0.39 is 11.8 Å². The average molecular weight is 283 g/mol. The van der Waals surface area contributed by atoms with E-state index >= 15 is 0 Å². The highest BCUT2D eigenvalue weighted by Gasteiger charge is 2.41. The molecule has 1 N–H and O–H groups in total. The smallest absolute Gasteiger partial charge is 0.325 e. The predicted octanol–water partition coefficient (Wildman–Crippen LogP) is -1.10. The quantitative estimate of drug-likeness (QED) is 0.650. The third-order valence-corrected chi connectivity index (χ3v) is 3.92. The predicted molar refractivity (Wildman–Crippen MR) is 65.6 cm³/mol. The summed E-state index contributed by atoms with van der Waals surface area (Å²) in [7, 11) is 0. The summed E-state index contributed by atoms with van der Waals surface area (Å²) in [5.41, 5.74) is 0. The van der Waals surface area contributed by atoms with E-state index in [9.17, 15) is 14.4 Å². The number of amides is 4. The van der Waals surface area contributed by atoms with E-state index in [4.69, 9.17) is 9.47 Å². The number of likely N-dealkylation sites (tertiary alicyclic amines) is 1. The van der Waals surface area contributed by atoms with Gasteiger partial charge in [-0.2, -0.15) is 0 Å². The molecule has 3 rings (SSSR count). The summed E-state index contributed by atoms with van der Waals surface area (Å²) in [5.74, 6) is -1.11. The largest absolute Gasteiger partial charge is 0.347 e. The molecule has 0 unspecified atom stereocenters. The fraction of sp³-hybridized carbons (Fsp3) is 0.750. The number of carbonyl (C=O) groups is 3. The van der Waals surface area contributed by atoms with Crippen LogP contribution in [0, 0.1) is 0 Å². The maximum atomic E-state index is 12.1. The second-order valence-electron chi connectivity index (χ2n) is 5.13. The van der Waals surface area contributed by atoms with E-state index in [2.05, 4.69) is 5.32 Å². The third kappa shape index (κ3) is 2.36. The van der Waals surface area contributed by atoms with Gasteiger partial charge >= 0.3 is 6.03 Å². The van der Waals surface area contributed by atoms with Crippen LogP contribution < -0.4 is 5.32 Å². The monoisotopic (exact) mass is 283 g/mol. The van der Waals surface area contributed by atoms with Gasteiger partial charge in [0, 0.05) is 25.9 Å². The zero-order valence-electron chi connectivity index (χ0n) is 11.1. The number of nitrogens with zero attached hydrogens (tertiary/aromatic N) is 2. The molecule has 3 aliphatic rings. The van der Waals surface area contributed by atoms with Crippen molar-refractivity contribution in [3.63, 3.8) is 0 Å². The maximum absolute atomic E-state index is 12.1. The molecule has 4 amide bonds. The van der Waals surface area contributed by atoms with Crippen LogP contribution in [0.25, 0.3) is 0 Å². The first-order chi connectivity index (χ1) is 9.60. The number of rotatable bonds is 2. The number of carbonyl (C=O) groups excluding carboxylic acids is 3. The number of nitrogens with one attached hydrogen (secondary N) is 1. The first kappa shape index (κ1) is 13.3. The highest BCUT2D eigenvalue weighted by molar-refractivity contribution is 6.04. The Kier molecular flexibility index (Phi) is 3.35. The number of ether oxygens (including phenoxy) is 2. The van der Waals surface area contributed by atoms with Gasteiger partial charge in [0.1, 0.15) is 6.54 Å². The van der Waals surface area contributed by atoms with Gasteiger partial charge in [-0.05, 0) is 0 Å². The van der Waals surface area contributed by atoms with Crippen molar-refractivity contribution in [3.05, 3.63) is 0 Å². The second-order valence-corrected chi connectivity index (χ2v) is 5.13. The number of urea groups is 1. The maximum Gasteiger partial charge on any atom is 0.325 e. The highest BCUT2D eigenvalue weighted by atomic mass is 16.7. The molecule has 0 saturated carbocycles. The van der Waals surface area contributed by atoms with Crippen LogP contribution in [-0.2, 0) is 19.1 Å². The molecule has 110 valence electrons. The molecule has 0 radical (unpaired) electrons. The Bertz CT molecular complexity index is 420. The third-order valence-electron chi connectivity index (χ3n) is 3.92. The molecule has 1 spiro atoms. The molecule has 0 bridgehead atoms. The number of hydrogen-bond acceptors (Lipinski definition) is 5. The van der Waals surface area contributed by atoms with Gasteiger partial charge in [-0.25, -0.2) is 4.79 Å². The molecule has 0 aromatic heterocycles. The van der Waals surface area contributed by atoms with Gasteiger partial charge in [-0.3, -0.25) is 14.5 Å². The van der Waals surface area contributed by atoms with E-state index in [0.717, 1.165) is 4.90 Å². The Morgan fingerprint density at radius 3 is 2.40 bits per heavy atom. The molecular weight excluding hydrogens is 266 g/mol. The Morgan fingerprint density at radius 2 is 1.85 bits per heavy atom. The average Bonchev–Trinajstić information content (AvgIpc) is 3.02. The van der Waals surface area contributed by atoms with Crippen molar-refractivity contribution in [2.45, 2.75) is 18.6 Å². The van der Waals surface area contributed by atoms with Crippen LogP contribution in [0.3, 0.4) is 0 Å². The lowest BCUT2D eigenvalue weighted by molar-refractivity contribution is -0.187. The lowest BCUT2D eigenvalue weighted by atomic mass is 10.0. The van der Waals surface area contributed by atoms with Crippen molar-refractivity contribution in [2.75, 3.05) is 39.4 Å². The summed E-state index contributed by atoms with van der Waals surface area (Å²) in [6.45, 7) is 1.99. The van der Waals surface area contributed by atoms with Crippen LogP contribution in [0.15, 0.2) is 0 Å². The summed E-state index contributed by atoms with van der Waals surface area (Å²) in [6, 6.07) is -0.501. The normalized spacial score (nSPS) is 25.4. The minimum atomic E-state index is -0.530. The molecule has 0 atom stereocenters. The van der Waals surface area contributed by atoms with E-state index in [1.807, 2.05) is 0 Å². The van der Waals surface area contributed by atoms with Crippen LogP contribution in [0.5, 0.6) is 0 Å². The Hall–Kier alpha value is -1.67. The van der Waals surface area contributed by atoms with Gasteiger partial charge in [-0.15, -0.1) is 0 Å². The molecule has 3 fully saturated rings. The molecule has 3 saturated heterocycles. The minimum absolute atomic E-state index is 0.0308. The Labute approximate surface area is 116 Å². The van der Waals surface area contributed by atoms with Crippen molar-refractivity contribution in [1.82, 2.24) is 15.1 Å². The zero-order chi connectivity index (χ0) is 14.2. The Morgan fingerprint density at radius 1 is 1.20 bits per heavy atom. The van der Waals surface area contributed by atoms with Crippen LogP contribution >= 0.6 is 0 Å². The van der Waals surface area contributed by atoms with Crippen molar-refractivity contribution in [3.8, 4) is 0 Å². The van der Waals surface area contributed by atoms with Crippen molar-refractivity contribution >= 4 is 17.8 Å². The molecule has 3 aliphatic heterocycles. The summed E-state index contributed by atoms with van der Waals surface area (Å²) in [6.07, 6.45) is 1.25. The van der Waals surface area contributed by atoms with Gasteiger partial charge < -0.3 is 19.7 Å². The van der Waals surface area contributed by atoms with Crippen molar-refractivity contribution in [2.24, 2.45) is 0 Å². The molecule has 8 nitrogen and oxygen atoms in total. The highest BCUT2D eigenvalue weighted by Crippen LogP contribution is 2.31. The number of hydrogen-bond donors (Lipinski definition) is 1. The molecule has 20 heavy (non-hydrogen) atoms. The van der Waals surface area contributed by atoms with Gasteiger partial charge in [0.15, 0.2) is 5.79 Å². The second kappa shape index (κ2) is 5.02. The number of imide groups is 1. The van der Waals surface area contributed by atoms with Gasteiger partial charge in [-0.1, -0.05) is 0 Å². The standard InChI is InChI=1S/C12H17N3O5/c16-9-7-13-11(18)15(9)8-10(17)14-3-1-12(2-4-14)19-5-6-20-12/h1-8H2,(H,13,18). The fourth-order valence-electron chi connectivity index (χ4n) is 2.73. The van der Waals surface area contributed by atoms with Crippen LogP contribution in [0.2, 0.25) is 0 Å². The zero-order valence-corrected chi connectivity index (χ0v) is 11.1. The number of piperidine rings is 1. The SMILES string of the molecule is O=C(CN1C(=O)CNC1=O)N1CCC2(CC1)OCCO2. The first-order valence-corrected chi connectivity index (χ1v) is 6.74. The molecule has 8 heteroatoms. The molecule has 3 heterocycles. The lowest BCUT2D eigenvalue weighted by Crippen LogP contribution is -2.50.